The Morgan fingerprint density at radius 1 is 0.488 bits per heavy atom. The van der Waals surface area contributed by atoms with Gasteiger partial charge in [0, 0.05) is 55.4 Å². The Bertz CT molecular complexity index is 2590. The van der Waals surface area contributed by atoms with Gasteiger partial charge < -0.3 is 13.7 Å². The van der Waals surface area contributed by atoms with Gasteiger partial charge in [0.2, 0.25) is 0 Å². The van der Waals surface area contributed by atoms with Gasteiger partial charge in [-0.3, -0.25) is 0 Å². The first-order chi connectivity index (χ1) is 21.3. The molecule has 2 atom stereocenters. The average Bonchev–Trinajstić information content (AvgIpc) is 3.80. The fourth-order valence-electron chi connectivity index (χ4n) is 8.21. The molecule has 200 valence electrons. The summed E-state index contributed by atoms with van der Waals surface area (Å²) in [5.41, 5.74) is 12.5. The number of rotatable bonds is 1. The van der Waals surface area contributed by atoms with Gasteiger partial charge in [-0.05, 0) is 58.5 Å². The number of fused-ring (bicyclic) bond motifs is 14. The van der Waals surface area contributed by atoms with E-state index >= 15 is 0 Å². The van der Waals surface area contributed by atoms with E-state index in [1.165, 1.54) is 66.1 Å². The molecule has 3 heterocycles. The normalized spacial score (nSPS) is 18.0. The molecule has 2 aromatic heterocycles. The lowest BCUT2D eigenvalue weighted by Gasteiger charge is -2.30. The summed E-state index contributed by atoms with van der Waals surface area (Å²) in [7, 11) is 0. The summed E-state index contributed by atoms with van der Waals surface area (Å²) in [5.74, 6) is 0.208. The van der Waals surface area contributed by atoms with Crippen LogP contribution >= 0.6 is 0 Å². The molecule has 8 aromatic rings. The molecule has 0 N–H and O–H groups in total. The van der Waals surface area contributed by atoms with Crippen molar-refractivity contribution in [2.45, 2.75) is 12.0 Å². The van der Waals surface area contributed by atoms with E-state index in [1.54, 1.807) is 0 Å². The van der Waals surface area contributed by atoms with Crippen molar-refractivity contribution in [3.63, 3.8) is 0 Å². The van der Waals surface area contributed by atoms with Crippen LogP contribution in [0.15, 0.2) is 136 Å². The van der Waals surface area contributed by atoms with Crippen molar-refractivity contribution in [3.8, 4) is 22.3 Å². The molecule has 0 spiro atoms. The molecule has 2 unspecified atom stereocenters. The summed E-state index contributed by atoms with van der Waals surface area (Å²) >= 11 is 0. The Balaban J connectivity index is 1.18. The molecule has 1 aliphatic heterocycles. The smallest absolute Gasteiger partial charge is 0.143 e. The van der Waals surface area contributed by atoms with Crippen LogP contribution in [0.2, 0.25) is 0 Å². The standard InChI is InChI=1S/C40H23NO2/c1-4-13-31-29(10-1)38-33(21-19-27-23-9-3-6-15-35(23)43-40(27)38)41(31)32-20-18-24-25-16-17-26-22-8-2-5-14-34(22)42-39(26)37(25)30-12-7-11-28(32)36(24)30/h1-21,29,31H. The van der Waals surface area contributed by atoms with E-state index in [4.69, 9.17) is 8.83 Å². The Labute approximate surface area is 246 Å². The lowest BCUT2D eigenvalue weighted by Crippen LogP contribution is -2.28. The molecule has 0 radical (unpaired) electrons. The van der Waals surface area contributed by atoms with Gasteiger partial charge in [0.05, 0.1) is 6.04 Å². The zero-order valence-electron chi connectivity index (χ0n) is 23.0. The van der Waals surface area contributed by atoms with Crippen LogP contribution in [0.4, 0.5) is 11.4 Å². The summed E-state index contributed by atoms with van der Waals surface area (Å²) in [4.78, 5) is 2.54. The number of allylic oxidation sites excluding steroid dienone is 2. The lowest BCUT2D eigenvalue weighted by molar-refractivity contribution is 0.656. The third kappa shape index (κ3) is 2.62. The number of para-hydroxylation sites is 2. The fourth-order valence-corrected chi connectivity index (χ4v) is 8.21. The molecule has 3 aliphatic rings. The van der Waals surface area contributed by atoms with Crippen molar-refractivity contribution in [1.82, 2.24) is 0 Å². The highest BCUT2D eigenvalue weighted by atomic mass is 16.3. The minimum atomic E-state index is 0.168. The average molecular weight is 550 g/mol. The van der Waals surface area contributed by atoms with Gasteiger partial charge in [0.1, 0.15) is 22.3 Å². The molecule has 2 aliphatic carbocycles. The maximum Gasteiger partial charge on any atom is 0.143 e. The predicted octanol–water partition coefficient (Wildman–Crippen LogP) is 11.0. The van der Waals surface area contributed by atoms with Crippen LogP contribution in [0.5, 0.6) is 0 Å². The molecule has 0 fully saturated rings. The summed E-state index contributed by atoms with van der Waals surface area (Å²) in [6.45, 7) is 0. The highest BCUT2D eigenvalue weighted by Crippen LogP contribution is 2.56. The van der Waals surface area contributed by atoms with E-state index < -0.39 is 0 Å². The maximum atomic E-state index is 6.58. The first kappa shape index (κ1) is 22.1. The minimum Gasteiger partial charge on any atom is -0.456 e. The van der Waals surface area contributed by atoms with Gasteiger partial charge in [-0.1, -0.05) is 91.0 Å². The van der Waals surface area contributed by atoms with Crippen LogP contribution < -0.4 is 4.90 Å². The Hall–Kier alpha value is -5.54. The Kier molecular flexibility index (Phi) is 3.93. The van der Waals surface area contributed by atoms with Crippen molar-refractivity contribution in [1.29, 1.82) is 0 Å². The molecular weight excluding hydrogens is 526 g/mol. The molecule has 0 bridgehead atoms. The molecule has 0 saturated carbocycles. The topological polar surface area (TPSA) is 29.5 Å². The van der Waals surface area contributed by atoms with Crippen molar-refractivity contribution in [2.75, 3.05) is 4.90 Å². The van der Waals surface area contributed by atoms with E-state index in [0.717, 1.165) is 27.7 Å². The molecule has 6 aromatic carbocycles. The quantitative estimate of drug-likeness (QED) is 0.204. The van der Waals surface area contributed by atoms with Crippen LogP contribution in [-0.4, -0.2) is 6.04 Å². The highest BCUT2D eigenvalue weighted by molar-refractivity contribution is 6.25. The SMILES string of the molecule is C1=CC2c3c(ccc4c3oc3ccccc34)N(c3ccc4c5c(cccc35)-c3c-4ccc4c3oc3ccccc34)C2C=C1. The van der Waals surface area contributed by atoms with E-state index in [9.17, 15) is 0 Å². The molecule has 11 rings (SSSR count). The molecule has 43 heavy (non-hydrogen) atoms. The molecule has 3 heteroatoms. The van der Waals surface area contributed by atoms with Crippen molar-refractivity contribution in [3.05, 3.63) is 133 Å². The van der Waals surface area contributed by atoms with Crippen molar-refractivity contribution >= 4 is 66.0 Å². The molecule has 3 nitrogen and oxygen atoms in total. The monoisotopic (exact) mass is 549 g/mol. The largest absolute Gasteiger partial charge is 0.456 e. The summed E-state index contributed by atoms with van der Waals surface area (Å²) in [6, 6.07) is 37.3. The van der Waals surface area contributed by atoms with Crippen LogP contribution in [-0.2, 0) is 0 Å². The number of hydrogen-bond acceptors (Lipinski definition) is 3. The second-order valence-electron chi connectivity index (χ2n) is 12.0. The van der Waals surface area contributed by atoms with Crippen molar-refractivity contribution < 1.29 is 8.83 Å². The van der Waals surface area contributed by atoms with Gasteiger partial charge in [-0.25, -0.2) is 0 Å². The summed E-state index contributed by atoms with van der Waals surface area (Å²) < 4.78 is 13.1. The number of benzene rings is 6. The predicted molar refractivity (Wildman–Crippen MR) is 176 cm³/mol. The Morgan fingerprint density at radius 2 is 1.16 bits per heavy atom. The second-order valence-corrected chi connectivity index (χ2v) is 12.0. The van der Waals surface area contributed by atoms with Gasteiger partial charge in [-0.2, -0.15) is 0 Å². The third-order valence-corrected chi connectivity index (χ3v) is 9.94. The zero-order valence-corrected chi connectivity index (χ0v) is 23.0. The van der Waals surface area contributed by atoms with E-state index in [1.807, 2.05) is 12.1 Å². The number of furan rings is 2. The third-order valence-electron chi connectivity index (χ3n) is 9.94. The van der Waals surface area contributed by atoms with Gasteiger partial charge in [-0.15, -0.1) is 0 Å². The number of nitrogens with zero attached hydrogens (tertiary/aromatic N) is 1. The van der Waals surface area contributed by atoms with Gasteiger partial charge in [0.15, 0.2) is 0 Å². The summed E-state index contributed by atoms with van der Waals surface area (Å²) in [6.07, 6.45) is 9.04. The number of hydrogen-bond donors (Lipinski definition) is 0. The van der Waals surface area contributed by atoms with E-state index in [2.05, 4.69) is 120 Å². The van der Waals surface area contributed by atoms with E-state index in [-0.39, 0.29) is 12.0 Å². The zero-order chi connectivity index (χ0) is 27.8. The van der Waals surface area contributed by atoms with Crippen molar-refractivity contribution in [2.24, 2.45) is 0 Å². The fraction of sp³-hybridized carbons (Fsp3) is 0.0500. The van der Waals surface area contributed by atoms with Crippen LogP contribution in [0.1, 0.15) is 11.5 Å². The van der Waals surface area contributed by atoms with Crippen LogP contribution in [0.3, 0.4) is 0 Å². The second kappa shape index (κ2) is 7.64. The van der Waals surface area contributed by atoms with Gasteiger partial charge >= 0.3 is 0 Å². The summed E-state index contributed by atoms with van der Waals surface area (Å²) in [5, 5.41) is 7.25. The first-order valence-corrected chi connectivity index (χ1v) is 14.9. The van der Waals surface area contributed by atoms with E-state index in [0.29, 0.717) is 0 Å². The number of anilines is 2. The maximum absolute atomic E-state index is 6.58. The Morgan fingerprint density at radius 3 is 2.02 bits per heavy atom. The van der Waals surface area contributed by atoms with Crippen LogP contribution in [0, 0.1) is 0 Å². The minimum absolute atomic E-state index is 0.168. The molecule has 0 saturated heterocycles. The first-order valence-electron chi connectivity index (χ1n) is 14.9. The van der Waals surface area contributed by atoms with Gasteiger partial charge in [0.25, 0.3) is 0 Å². The van der Waals surface area contributed by atoms with Crippen LogP contribution in [0.25, 0.3) is 76.9 Å². The molecular formula is C40H23NO2. The highest BCUT2D eigenvalue weighted by Gasteiger charge is 2.41. The molecule has 0 amide bonds. The lowest BCUT2D eigenvalue weighted by atomic mass is 9.90.